The molecule has 0 aliphatic heterocycles. The average Bonchev–Trinajstić information content (AvgIpc) is 3.05. The normalized spacial score (nSPS) is 16.9. The van der Waals surface area contributed by atoms with Crippen LogP contribution in [0.25, 0.3) is 28.0 Å². The van der Waals surface area contributed by atoms with Crippen LogP contribution >= 0.6 is 0 Å². The molecule has 0 saturated carbocycles. The molecule has 0 heterocycles. The summed E-state index contributed by atoms with van der Waals surface area (Å²) in [4.78, 5) is 51.9. The summed E-state index contributed by atoms with van der Waals surface area (Å²) >= 11 is 0. The third kappa shape index (κ3) is 2.80. The van der Waals surface area contributed by atoms with Crippen LogP contribution in [0.15, 0.2) is 64.8 Å². The molecule has 170 valence electrons. The summed E-state index contributed by atoms with van der Waals surface area (Å²) in [7, 11) is 0. The zero-order chi connectivity index (χ0) is 24.8. The van der Waals surface area contributed by atoms with E-state index in [2.05, 4.69) is 0 Å². The Kier molecular flexibility index (Phi) is 4.37. The highest BCUT2D eigenvalue weighted by Gasteiger charge is 2.31. The van der Waals surface area contributed by atoms with E-state index in [9.17, 15) is 19.2 Å². The molecular formula is C31H22O4. The fourth-order valence-electron chi connectivity index (χ4n) is 5.42. The van der Waals surface area contributed by atoms with Gasteiger partial charge < -0.3 is 0 Å². The van der Waals surface area contributed by atoms with Crippen molar-refractivity contribution in [1.82, 2.24) is 0 Å². The number of carbonyl (C=O) groups excluding carboxylic acids is 4. The molecule has 6 rings (SSSR count). The molecule has 0 unspecified atom stereocenters. The van der Waals surface area contributed by atoms with Crippen LogP contribution in [0, 0.1) is 0 Å². The average molecular weight is 459 g/mol. The summed E-state index contributed by atoms with van der Waals surface area (Å²) in [5.74, 6) is -0.440. The van der Waals surface area contributed by atoms with Gasteiger partial charge in [-0.2, -0.15) is 0 Å². The molecule has 0 saturated heterocycles. The Morgan fingerprint density at radius 3 is 1.66 bits per heavy atom. The predicted molar refractivity (Wildman–Crippen MR) is 136 cm³/mol. The van der Waals surface area contributed by atoms with Gasteiger partial charge in [-0.1, -0.05) is 24.3 Å². The van der Waals surface area contributed by atoms with Gasteiger partial charge in [-0.05, 0) is 91.4 Å². The number of Topliss-reactive ketones (excluding diaryl/α,β-unsaturated/α-hetero) is 4. The summed E-state index contributed by atoms with van der Waals surface area (Å²) in [6, 6.07) is 11.3. The fourth-order valence-corrected chi connectivity index (χ4v) is 5.42. The van der Waals surface area contributed by atoms with E-state index >= 15 is 0 Å². The molecule has 0 fully saturated rings. The number of hydrogen-bond acceptors (Lipinski definition) is 4. The molecule has 3 aromatic carbocycles. The highest BCUT2D eigenvalue weighted by atomic mass is 16.1. The van der Waals surface area contributed by atoms with Crippen molar-refractivity contribution in [2.24, 2.45) is 0 Å². The Morgan fingerprint density at radius 1 is 0.543 bits per heavy atom. The van der Waals surface area contributed by atoms with Crippen molar-refractivity contribution in [2.75, 3.05) is 0 Å². The van der Waals surface area contributed by atoms with E-state index in [1.807, 2.05) is 48.6 Å². The number of ketones is 4. The molecule has 0 bridgehead atoms. The molecule has 0 radical (unpaired) electrons. The van der Waals surface area contributed by atoms with Crippen molar-refractivity contribution in [2.45, 2.75) is 34.1 Å². The number of carbonyl (C=O) groups is 4. The molecule has 0 aromatic heterocycles. The van der Waals surface area contributed by atoms with Crippen molar-refractivity contribution < 1.29 is 19.2 Å². The van der Waals surface area contributed by atoms with Crippen molar-refractivity contribution >= 4 is 40.0 Å². The van der Waals surface area contributed by atoms with Crippen molar-refractivity contribution in [3.63, 3.8) is 0 Å². The highest BCUT2D eigenvalue weighted by molar-refractivity contribution is 6.28. The van der Waals surface area contributed by atoms with Crippen molar-refractivity contribution in [3.8, 4) is 11.1 Å². The van der Waals surface area contributed by atoms with Crippen LogP contribution < -0.4 is 0 Å². The minimum atomic E-state index is -0.120. The molecule has 3 aliphatic carbocycles. The maximum Gasteiger partial charge on any atom is 0.189 e. The third-order valence-corrected chi connectivity index (χ3v) is 7.82. The van der Waals surface area contributed by atoms with Crippen LogP contribution in [0.4, 0.5) is 0 Å². The third-order valence-electron chi connectivity index (χ3n) is 7.82. The van der Waals surface area contributed by atoms with Crippen molar-refractivity contribution in [3.05, 3.63) is 98.1 Å². The van der Waals surface area contributed by atoms with Gasteiger partial charge in [0.25, 0.3) is 0 Å². The SMILES string of the molecule is CC1=C(C)C(=O)c2cc3c(cc2C1=O)CC=Cc1c-3ccc2cc3c(cc12)C(=O)C(C)=C(C)C3=O. The second-order valence-electron chi connectivity index (χ2n) is 9.62. The first kappa shape index (κ1) is 21.4. The molecule has 4 nitrogen and oxygen atoms in total. The van der Waals surface area contributed by atoms with E-state index in [1.54, 1.807) is 27.7 Å². The summed E-state index contributed by atoms with van der Waals surface area (Å²) < 4.78 is 0. The summed E-state index contributed by atoms with van der Waals surface area (Å²) in [6.45, 7) is 6.80. The van der Waals surface area contributed by atoms with Gasteiger partial charge in [0.15, 0.2) is 23.1 Å². The smallest absolute Gasteiger partial charge is 0.189 e. The fraction of sp³-hybridized carbons (Fsp3) is 0.161. The Balaban J connectivity index is 1.62. The minimum Gasteiger partial charge on any atom is -0.289 e. The molecule has 0 spiro atoms. The van der Waals surface area contributed by atoms with E-state index in [0.717, 1.165) is 33.0 Å². The second-order valence-corrected chi connectivity index (χ2v) is 9.62. The van der Waals surface area contributed by atoms with Gasteiger partial charge in [-0.15, -0.1) is 0 Å². The van der Waals surface area contributed by atoms with Gasteiger partial charge in [-0.3, -0.25) is 19.2 Å². The lowest BCUT2D eigenvalue weighted by atomic mass is 9.80. The van der Waals surface area contributed by atoms with Crippen LogP contribution in [-0.4, -0.2) is 23.1 Å². The topological polar surface area (TPSA) is 68.3 Å². The van der Waals surface area contributed by atoms with Crippen LogP contribution in [0.2, 0.25) is 0 Å². The van der Waals surface area contributed by atoms with E-state index in [0.29, 0.717) is 51.0 Å². The van der Waals surface area contributed by atoms with E-state index in [4.69, 9.17) is 0 Å². The molecule has 3 aliphatic rings. The molecule has 0 amide bonds. The lowest BCUT2D eigenvalue weighted by Gasteiger charge is -2.21. The van der Waals surface area contributed by atoms with Gasteiger partial charge in [0, 0.05) is 44.5 Å². The Labute approximate surface area is 202 Å². The van der Waals surface area contributed by atoms with Crippen LogP contribution in [-0.2, 0) is 6.42 Å². The van der Waals surface area contributed by atoms with Crippen LogP contribution in [0.1, 0.15) is 80.3 Å². The lowest BCUT2D eigenvalue weighted by Crippen LogP contribution is -2.20. The number of hydrogen-bond donors (Lipinski definition) is 0. The number of benzene rings is 3. The van der Waals surface area contributed by atoms with E-state index in [-0.39, 0.29) is 23.1 Å². The Hall–Kier alpha value is -4.18. The first-order valence-electron chi connectivity index (χ1n) is 11.7. The number of rotatable bonds is 0. The van der Waals surface area contributed by atoms with E-state index in [1.165, 1.54) is 0 Å². The zero-order valence-corrected chi connectivity index (χ0v) is 20.0. The van der Waals surface area contributed by atoms with Gasteiger partial charge in [-0.25, -0.2) is 0 Å². The molecule has 4 heteroatoms. The Morgan fingerprint density at radius 2 is 1.06 bits per heavy atom. The van der Waals surface area contributed by atoms with Crippen molar-refractivity contribution in [1.29, 1.82) is 0 Å². The van der Waals surface area contributed by atoms with E-state index < -0.39 is 0 Å². The van der Waals surface area contributed by atoms with Gasteiger partial charge in [0.2, 0.25) is 0 Å². The molecular weight excluding hydrogens is 436 g/mol. The molecule has 35 heavy (non-hydrogen) atoms. The van der Waals surface area contributed by atoms with Gasteiger partial charge >= 0.3 is 0 Å². The largest absolute Gasteiger partial charge is 0.289 e. The number of allylic oxidation sites excluding steroid dienone is 5. The maximum absolute atomic E-state index is 13.1. The predicted octanol–water partition coefficient (Wildman–Crippen LogP) is 6.51. The number of fused-ring (bicyclic) bond motifs is 7. The quantitative estimate of drug-likeness (QED) is 0.385. The first-order valence-corrected chi connectivity index (χ1v) is 11.7. The van der Waals surface area contributed by atoms with Gasteiger partial charge in [0.1, 0.15) is 0 Å². The maximum atomic E-state index is 13.1. The summed E-state index contributed by atoms with van der Waals surface area (Å²) in [6.07, 6.45) is 4.69. The van der Waals surface area contributed by atoms with Crippen LogP contribution in [0.5, 0.6) is 0 Å². The Bertz CT molecular complexity index is 1710. The standard InChI is InChI=1S/C31H22O4/c1-14-16(3)30(34)26-12-22-18(10-24(26)28(14)32)6-5-7-20-21(22)9-8-19-11-25-27(13-23(19)20)31(35)17(4)15(2)29(25)33/h5,7-13H,6H2,1-4H3. The molecule has 0 N–H and O–H groups in total. The summed E-state index contributed by atoms with van der Waals surface area (Å²) in [5, 5.41) is 1.76. The van der Waals surface area contributed by atoms with Gasteiger partial charge in [0.05, 0.1) is 0 Å². The molecule has 0 atom stereocenters. The first-order chi connectivity index (χ1) is 16.7. The summed E-state index contributed by atoms with van der Waals surface area (Å²) in [5.41, 5.74) is 7.50. The zero-order valence-electron chi connectivity index (χ0n) is 20.0. The monoisotopic (exact) mass is 458 g/mol. The van der Waals surface area contributed by atoms with Crippen LogP contribution in [0.3, 0.4) is 0 Å². The molecule has 3 aromatic rings. The second kappa shape index (κ2) is 7.16. The lowest BCUT2D eigenvalue weighted by molar-refractivity contribution is 0.0975. The highest BCUT2D eigenvalue weighted by Crippen LogP contribution is 2.40. The minimum absolute atomic E-state index is 0.0969.